The maximum atomic E-state index is 9.18. The third-order valence-corrected chi connectivity index (χ3v) is 5.65. The van der Waals surface area contributed by atoms with Gasteiger partial charge < -0.3 is 9.67 Å². The topological polar surface area (TPSA) is 81.7 Å². The van der Waals surface area contributed by atoms with Crippen LogP contribution in [0.25, 0.3) is 16.9 Å². The summed E-state index contributed by atoms with van der Waals surface area (Å²) in [6.45, 7) is 2.17. The predicted molar refractivity (Wildman–Crippen MR) is 108 cm³/mol. The zero-order chi connectivity index (χ0) is 19.5. The fraction of sp³-hybridized carbons (Fsp3) is 0.200. The van der Waals surface area contributed by atoms with Crippen LogP contribution in [0.5, 0.6) is 0 Å². The van der Waals surface area contributed by atoms with E-state index in [1.165, 1.54) is 0 Å². The van der Waals surface area contributed by atoms with E-state index in [0.717, 1.165) is 33.2 Å². The minimum absolute atomic E-state index is 0.0320. The Morgan fingerprint density at radius 3 is 2.68 bits per heavy atom. The van der Waals surface area contributed by atoms with Crippen LogP contribution >= 0.6 is 11.8 Å². The Morgan fingerprint density at radius 2 is 1.96 bits per heavy atom. The van der Waals surface area contributed by atoms with E-state index in [2.05, 4.69) is 39.5 Å². The summed E-state index contributed by atoms with van der Waals surface area (Å²) >= 11 is 1.66. The quantitative estimate of drug-likeness (QED) is 0.507. The minimum atomic E-state index is 0.0320. The van der Waals surface area contributed by atoms with E-state index in [-0.39, 0.29) is 11.9 Å². The first-order valence-corrected chi connectivity index (χ1v) is 9.75. The van der Waals surface area contributed by atoms with Crippen molar-refractivity contribution in [1.82, 2.24) is 29.8 Å². The van der Waals surface area contributed by atoms with Crippen molar-refractivity contribution in [3.8, 4) is 16.9 Å². The zero-order valence-electron chi connectivity index (χ0n) is 15.6. The van der Waals surface area contributed by atoms with Gasteiger partial charge in [-0.3, -0.25) is 0 Å². The summed E-state index contributed by atoms with van der Waals surface area (Å²) in [5, 5.41) is 27.4. The van der Waals surface area contributed by atoms with Crippen LogP contribution in [-0.4, -0.2) is 34.9 Å². The average molecular weight is 392 g/mol. The molecule has 2 aromatic carbocycles. The standard InChI is InChI=1S/C20H20N6OS/c1-14(28-20-23-21-13-25(20)2)17-4-3-5-18(10-17)26-22-11-19(24-26)16-8-6-15(12-27)7-9-16/h3-11,13-14,27H,12H2,1-2H3/t14-/m0/s1. The molecule has 7 nitrogen and oxygen atoms in total. The van der Waals surface area contributed by atoms with Gasteiger partial charge in [0.1, 0.15) is 12.0 Å². The van der Waals surface area contributed by atoms with Crippen molar-refractivity contribution in [3.05, 3.63) is 72.2 Å². The molecule has 0 saturated carbocycles. The van der Waals surface area contributed by atoms with Gasteiger partial charge in [0.2, 0.25) is 0 Å². The molecule has 0 bridgehead atoms. The summed E-state index contributed by atoms with van der Waals surface area (Å²) in [4.78, 5) is 1.64. The SMILES string of the molecule is C[C@H](Sc1nncn1C)c1cccc(-n2ncc(-c3ccc(CO)cc3)n2)c1. The van der Waals surface area contributed by atoms with Gasteiger partial charge in [0.25, 0.3) is 0 Å². The molecule has 2 aromatic heterocycles. The molecule has 8 heteroatoms. The van der Waals surface area contributed by atoms with E-state index in [9.17, 15) is 5.11 Å². The van der Waals surface area contributed by atoms with Gasteiger partial charge in [-0.2, -0.15) is 9.90 Å². The van der Waals surface area contributed by atoms with E-state index < -0.39 is 0 Å². The molecule has 0 saturated heterocycles. The van der Waals surface area contributed by atoms with Crippen LogP contribution in [0.3, 0.4) is 0 Å². The van der Waals surface area contributed by atoms with Crippen molar-refractivity contribution in [3.63, 3.8) is 0 Å². The number of nitrogens with zero attached hydrogens (tertiary/aromatic N) is 6. The highest BCUT2D eigenvalue weighted by atomic mass is 32.2. The summed E-state index contributed by atoms with van der Waals surface area (Å²) < 4.78 is 1.91. The Morgan fingerprint density at radius 1 is 1.14 bits per heavy atom. The summed E-state index contributed by atoms with van der Waals surface area (Å²) in [5.74, 6) is 0. The Labute approximate surface area is 167 Å². The second-order valence-electron chi connectivity index (χ2n) is 6.45. The largest absolute Gasteiger partial charge is 0.392 e. The molecule has 0 amide bonds. The van der Waals surface area contributed by atoms with E-state index in [1.54, 1.807) is 29.1 Å². The highest BCUT2D eigenvalue weighted by molar-refractivity contribution is 7.99. The van der Waals surface area contributed by atoms with Crippen molar-refractivity contribution in [2.24, 2.45) is 7.05 Å². The predicted octanol–water partition coefficient (Wildman–Crippen LogP) is 3.41. The number of aliphatic hydroxyl groups excluding tert-OH is 1. The summed E-state index contributed by atoms with van der Waals surface area (Å²) in [5.41, 5.74) is 4.69. The van der Waals surface area contributed by atoms with Crippen molar-refractivity contribution < 1.29 is 5.11 Å². The molecule has 0 spiro atoms. The lowest BCUT2D eigenvalue weighted by molar-refractivity contribution is 0.282. The Balaban J connectivity index is 1.56. The maximum absolute atomic E-state index is 9.18. The molecular weight excluding hydrogens is 372 g/mol. The first-order valence-electron chi connectivity index (χ1n) is 8.87. The lowest BCUT2D eigenvalue weighted by Gasteiger charge is -2.12. The zero-order valence-corrected chi connectivity index (χ0v) is 16.4. The maximum Gasteiger partial charge on any atom is 0.191 e. The molecule has 2 heterocycles. The Hall–Kier alpha value is -2.97. The minimum Gasteiger partial charge on any atom is -0.392 e. The molecule has 0 fully saturated rings. The van der Waals surface area contributed by atoms with Crippen LogP contribution in [-0.2, 0) is 13.7 Å². The lowest BCUT2D eigenvalue weighted by atomic mass is 10.1. The number of benzene rings is 2. The molecule has 0 radical (unpaired) electrons. The Kier molecular flexibility index (Phi) is 5.23. The number of rotatable bonds is 6. The molecule has 0 aliphatic carbocycles. The molecule has 1 N–H and O–H groups in total. The van der Waals surface area contributed by atoms with Gasteiger partial charge in [-0.15, -0.1) is 15.3 Å². The summed E-state index contributed by atoms with van der Waals surface area (Å²) in [7, 11) is 1.94. The lowest BCUT2D eigenvalue weighted by Crippen LogP contribution is -2.01. The fourth-order valence-electron chi connectivity index (χ4n) is 2.81. The van der Waals surface area contributed by atoms with Gasteiger partial charge >= 0.3 is 0 Å². The van der Waals surface area contributed by atoms with Gasteiger partial charge in [-0.05, 0) is 30.2 Å². The van der Waals surface area contributed by atoms with Crippen LogP contribution in [0.2, 0.25) is 0 Å². The Bertz CT molecular complexity index is 1070. The molecule has 142 valence electrons. The molecule has 4 rings (SSSR count). The van der Waals surface area contributed by atoms with Crippen molar-refractivity contribution >= 4 is 11.8 Å². The van der Waals surface area contributed by atoms with Gasteiger partial charge in [0.05, 0.1) is 18.5 Å². The van der Waals surface area contributed by atoms with E-state index in [1.807, 2.05) is 48.0 Å². The van der Waals surface area contributed by atoms with Gasteiger partial charge in [-0.1, -0.05) is 48.2 Å². The van der Waals surface area contributed by atoms with Crippen LogP contribution < -0.4 is 0 Å². The second kappa shape index (κ2) is 7.95. The molecule has 0 aliphatic rings. The van der Waals surface area contributed by atoms with Gasteiger partial charge in [0, 0.05) is 17.9 Å². The third-order valence-electron chi connectivity index (χ3n) is 4.45. The van der Waals surface area contributed by atoms with Gasteiger partial charge in [-0.25, -0.2) is 0 Å². The van der Waals surface area contributed by atoms with E-state index >= 15 is 0 Å². The van der Waals surface area contributed by atoms with Gasteiger partial charge in [0.15, 0.2) is 5.16 Å². The van der Waals surface area contributed by atoms with E-state index in [0.29, 0.717) is 0 Å². The monoisotopic (exact) mass is 392 g/mol. The van der Waals surface area contributed by atoms with Crippen LogP contribution in [0.4, 0.5) is 0 Å². The van der Waals surface area contributed by atoms with Crippen molar-refractivity contribution in [2.45, 2.75) is 23.9 Å². The summed E-state index contributed by atoms with van der Waals surface area (Å²) in [6.07, 6.45) is 3.45. The highest BCUT2D eigenvalue weighted by Crippen LogP contribution is 2.33. The average Bonchev–Trinajstić information content (AvgIpc) is 3.38. The second-order valence-corrected chi connectivity index (χ2v) is 7.76. The molecule has 0 unspecified atom stereocenters. The number of aliphatic hydroxyl groups is 1. The summed E-state index contributed by atoms with van der Waals surface area (Å²) in [6, 6.07) is 15.8. The molecule has 0 aliphatic heterocycles. The number of aryl methyl sites for hydroxylation is 1. The fourth-order valence-corrected chi connectivity index (χ4v) is 3.71. The number of aromatic nitrogens is 6. The van der Waals surface area contributed by atoms with Crippen LogP contribution in [0, 0.1) is 0 Å². The third kappa shape index (κ3) is 3.83. The van der Waals surface area contributed by atoms with Crippen molar-refractivity contribution in [1.29, 1.82) is 0 Å². The van der Waals surface area contributed by atoms with Crippen molar-refractivity contribution in [2.75, 3.05) is 0 Å². The molecule has 28 heavy (non-hydrogen) atoms. The smallest absolute Gasteiger partial charge is 0.191 e. The van der Waals surface area contributed by atoms with Crippen LogP contribution in [0.15, 0.2) is 66.2 Å². The molecular formula is C20H20N6OS. The molecule has 4 aromatic rings. The number of thioether (sulfide) groups is 1. The van der Waals surface area contributed by atoms with E-state index in [4.69, 9.17) is 0 Å². The highest BCUT2D eigenvalue weighted by Gasteiger charge is 2.13. The number of hydrogen-bond donors (Lipinski definition) is 1. The first kappa shape index (κ1) is 18.4. The molecule has 1 atom stereocenters. The number of hydrogen-bond acceptors (Lipinski definition) is 6. The first-order chi connectivity index (χ1) is 13.6. The van der Waals surface area contributed by atoms with Crippen LogP contribution in [0.1, 0.15) is 23.3 Å². The normalized spacial score (nSPS) is 12.2.